The molecule has 7 nitrogen and oxygen atoms in total. The molecule has 8 heteroatoms. The van der Waals surface area contributed by atoms with E-state index < -0.39 is 6.09 Å². The first-order valence-corrected chi connectivity index (χ1v) is 8.39. The summed E-state index contributed by atoms with van der Waals surface area (Å²) in [6, 6.07) is 13.8. The Labute approximate surface area is 162 Å². The van der Waals surface area contributed by atoms with Crippen LogP contribution < -0.4 is 20.9 Å². The summed E-state index contributed by atoms with van der Waals surface area (Å²) in [5, 5.41) is 3.27. The lowest BCUT2D eigenvalue weighted by Gasteiger charge is -2.12. The van der Waals surface area contributed by atoms with Crippen LogP contribution in [-0.2, 0) is 16.1 Å². The Morgan fingerprint density at radius 3 is 2.33 bits per heavy atom. The fraction of sp³-hybridized carbons (Fsp3) is 0.158. The van der Waals surface area contributed by atoms with Crippen LogP contribution in [0, 0.1) is 0 Å². The molecule has 0 fully saturated rings. The Balaban J connectivity index is 1.67. The molecule has 0 heterocycles. The zero-order valence-corrected chi connectivity index (χ0v) is 15.5. The lowest BCUT2D eigenvalue weighted by Crippen LogP contribution is -2.37. The van der Waals surface area contributed by atoms with Gasteiger partial charge < -0.3 is 20.2 Å². The summed E-state index contributed by atoms with van der Waals surface area (Å²) in [6.07, 6.45) is -0.716. The number of halogens is 1. The molecule has 0 unspecified atom stereocenters. The van der Waals surface area contributed by atoms with Crippen molar-refractivity contribution >= 4 is 29.3 Å². The molecule has 0 saturated carbocycles. The topological polar surface area (TPSA) is 88.7 Å². The monoisotopic (exact) mass is 389 g/mol. The molecule has 0 aromatic heterocycles. The molecule has 0 atom stereocenters. The lowest BCUT2D eigenvalue weighted by molar-refractivity contribution is -0.115. The van der Waals surface area contributed by atoms with Crippen LogP contribution in [0.15, 0.2) is 60.8 Å². The van der Waals surface area contributed by atoms with Gasteiger partial charge in [-0.2, -0.15) is 0 Å². The van der Waals surface area contributed by atoms with Gasteiger partial charge in [-0.1, -0.05) is 30.3 Å². The molecule has 3 N–H and O–H groups in total. The normalized spacial score (nSPS) is 9.85. The van der Waals surface area contributed by atoms with Crippen molar-refractivity contribution in [2.75, 3.05) is 12.4 Å². The number of nitrogens with one attached hydrogen (secondary N) is 3. The zero-order chi connectivity index (χ0) is 19.6. The van der Waals surface area contributed by atoms with Crippen LogP contribution in [0.1, 0.15) is 12.0 Å². The molecular weight excluding hydrogens is 370 g/mol. The quantitative estimate of drug-likeness (QED) is 0.600. The molecule has 0 radical (unpaired) electrons. The molecule has 0 saturated heterocycles. The number of hydrogen-bond donors (Lipinski definition) is 3. The summed E-state index contributed by atoms with van der Waals surface area (Å²) in [4.78, 5) is 23.6. The van der Waals surface area contributed by atoms with Crippen LogP contribution >= 0.6 is 11.6 Å². The SMILES string of the molecule is C=C(CC(=O)Nc1ccc(Cl)cc1)NNC(=O)OCc1ccc(OC)cc1. The predicted molar refractivity (Wildman–Crippen MR) is 103 cm³/mol. The first-order chi connectivity index (χ1) is 13.0. The Morgan fingerprint density at radius 2 is 1.70 bits per heavy atom. The molecule has 2 aromatic rings. The first-order valence-electron chi connectivity index (χ1n) is 8.01. The molecule has 142 valence electrons. The molecule has 0 aliphatic carbocycles. The van der Waals surface area contributed by atoms with E-state index in [9.17, 15) is 9.59 Å². The molecule has 2 amide bonds. The van der Waals surface area contributed by atoms with Crippen LogP contribution in [0.3, 0.4) is 0 Å². The number of methoxy groups -OCH3 is 1. The molecule has 27 heavy (non-hydrogen) atoms. The van der Waals surface area contributed by atoms with Gasteiger partial charge in [0.25, 0.3) is 0 Å². The Hall–Kier alpha value is -3.19. The van der Waals surface area contributed by atoms with Crippen molar-refractivity contribution in [2.24, 2.45) is 0 Å². The van der Waals surface area contributed by atoms with Crippen molar-refractivity contribution in [3.8, 4) is 5.75 Å². The third-order valence-corrected chi connectivity index (χ3v) is 3.62. The molecule has 2 rings (SSSR count). The highest BCUT2D eigenvalue weighted by molar-refractivity contribution is 6.30. The first kappa shape index (κ1) is 20.1. The van der Waals surface area contributed by atoms with Gasteiger partial charge in [-0.05, 0) is 42.0 Å². The smallest absolute Gasteiger partial charge is 0.426 e. The fourth-order valence-corrected chi connectivity index (χ4v) is 2.15. The van der Waals surface area contributed by atoms with Gasteiger partial charge >= 0.3 is 6.09 Å². The summed E-state index contributed by atoms with van der Waals surface area (Å²) in [6.45, 7) is 3.78. The molecule has 0 aliphatic heterocycles. The third kappa shape index (κ3) is 7.29. The number of benzene rings is 2. The summed E-state index contributed by atoms with van der Waals surface area (Å²) >= 11 is 5.79. The summed E-state index contributed by atoms with van der Waals surface area (Å²) < 4.78 is 10.1. The number of anilines is 1. The van der Waals surface area contributed by atoms with Gasteiger partial charge in [-0.15, -0.1) is 0 Å². The van der Waals surface area contributed by atoms with Crippen LogP contribution in [0.25, 0.3) is 0 Å². The minimum Gasteiger partial charge on any atom is -0.497 e. The van der Waals surface area contributed by atoms with E-state index in [1.54, 1.807) is 55.6 Å². The van der Waals surface area contributed by atoms with Gasteiger partial charge in [0.1, 0.15) is 12.4 Å². The molecule has 0 aliphatic rings. The average molecular weight is 390 g/mol. The van der Waals surface area contributed by atoms with Crippen LogP contribution in [0.5, 0.6) is 5.75 Å². The highest BCUT2D eigenvalue weighted by Gasteiger charge is 2.07. The van der Waals surface area contributed by atoms with Crippen molar-refractivity contribution in [3.05, 3.63) is 71.4 Å². The second-order valence-electron chi connectivity index (χ2n) is 5.51. The lowest BCUT2D eigenvalue weighted by atomic mass is 10.2. The van der Waals surface area contributed by atoms with E-state index in [0.717, 1.165) is 11.3 Å². The minimum absolute atomic E-state index is 0.0264. The van der Waals surface area contributed by atoms with Crippen molar-refractivity contribution in [1.82, 2.24) is 10.9 Å². The maximum absolute atomic E-state index is 11.9. The second kappa shape index (κ2) is 10.1. The van der Waals surface area contributed by atoms with Gasteiger partial charge in [-0.3, -0.25) is 4.79 Å². The molecular formula is C19H20ClN3O4. The Morgan fingerprint density at radius 1 is 1.04 bits per heavy atom. The van der Waals surface area contributed by atoms with E-state index in [1.165, 1.54) is 0 Å². The maximum Gasteiger partial charge on any atom is 0.426 e. The molecule has 0 spiro atoms. The number of ether oxygens (including phenoxy) is 2. The number of hydrazine groups is 1. The van der Waals surface area contributed by atoms with Gasteiger partial charge in [0.15, 0.2) is 0 Å². The third-order valence-electron chi connectivity index (χ3n) is 3.37. The molecule has 2 aromatic carbocycles. The van der Waals surface area contributed by atoms with Crippen LogP contribution in [0.2, 0.25) is 5.02 Å². The van der Waals surface area contributed by atoms with E-state index in [2.05, 4.69) is 22.7 Å². The summed E-state index contributed by atoms with van der Waals surface area (Å²) in [7, 11) is 1.58. The zero-order valence-electron chi connectivity index (χ0n) is 14.8. The van der Waals surface area contributed by atoms with Gasteiger partial charge in [-0.25, -0.2) is 10.2 Å². The van der Waals surface area contributed by atoms with E-state index in [-0.39, 0.29) is 18.9 Å². The highest BCUT2D eigenvalue weighted by atomic mass is 35.5. The van der Waals surface area contributed by atoms with E-state index >= 15 is 0 Å². The van der Waals surface area contributed by atoms with Crippen LogP contribution in [-0.4, -0.2) is 19.1 Å². The summed E-state index contributed by atoms with van der Waals surface area (Å²) in [5.74, 6) is 0.432. The standard InChI is InChI=1S/C19H20ClN3O4/c1-13(11-18(24)21-16-7-5-15(20)6-8-16)22-23-19(25)27-12-14-3-9-17(26-2)10-4-14/h3-10,22H,1,11-12H2,2H3,(H,21,24)(H,23,25). The van der Waals surface area contributed by atoms with Crippen LogP contribution in [0.4, 0.5) is 10.5 Å². The minimum atomic E-state index is -0.690. The van der Waals surface area contributed by atoms with Gasteiger partial charge in [0.05, 0.1) is 13.5 Å². The van der Waals surface area contributed by atoms with Gasteiger partial charge in [0, 0.05) is 16.4 Å². The number of carbonyl (C=O) groups is 2. The van der Waals surface area contributed by atoms with E-state index in [0.29, 0.717) is 16.4 Å². The van der Waals surface area contributed by atoms with Crippen molar-refractivity contribution in [3.63, 3.8) is 0 Å². The predicted octanol–water partition coefficient (Wildman–Crippen LogP) is 3.62. The Kier molecular flexibility index (Phi) is 7.51. The Bertz CT molecular complexity index is 792. The second-order valence-corrected chi connectivity index (χ2v) is 5.95. The van der Waals surface area contributed by atoms with Crippen molar-refractivity contribution in [2.45, 2.75) is 13.0 Å². The number of rotatable bonds is 8. The van der Waals surface area contributed by atoms with Crippen molar-refractivity contribution < 1.29 is 19.1 Å². The van der Waals surface area contributed by atoms with E-state index in [4.69, 9.17) is 21.1 Å². The largest absolute Gasteiger partial charge is 0.497 e. The maximum atomic E-state index is 11.9. The van der Waals surface area contributed by atoms with Crippen molar-refractivity contribution in [1.29, 1.82) is 0 Å². The highest BCUT2D eigenvalue weighted by Crippen LogP contribution is 2.14. The molecule has 0 bridgehead atoms. The fourth-order valence-electron chi connectivity index (χ4n) is 2.02. The van der Waals surface area contributed by atoms with Gasteiger partial charge in [0.2, 0.25) is 5.91 Å². The number of carbonyl (C=O) groups excluding carboxylic acids is 2. The summed E-state index contributed by atoms with van der Waals surface area (Å²) in [5.41, 5.74) is 6.60. The number of amides is 2. The van der Waals surface area contributed by atoms with E-state index in [1.807, 2.05) is 0 Å². The number of hydrogen-bond acceptors (Lipinski definition) is 5. The average Bonchev–Trinajstić information content (AvgIpc) is 2.67.